The number of hydrogen-bond acceptors (Lipinski definition) is 7. The molecular weight excluding hydrogens is 382 g/mol. The predicted molar refractivity (Wildman–Crippen MR) is 113 cm³/mol. The normalized spacial score (nSPS) is 10.7. The van der Waals surface area contributed by atoms with Crippen LogP contribution in [0, 0.1) is 6.92 Å². The fourth-order valence-electron chi connectivity index (χ4n) is 2.96. The highest BCUT2D eigenvalue weighted by Gasteiger charge is 2.12. The Morgan fingerprint density at radius 1 is 1.17 bits per heavy atom. The summed E-state index contributed by atoms with van der Waals surface area (Å²) in [5.74, 6) is 2.33. The number of aromatic nitrogens is 5. The summed E-state index contributed by atoms with van der Waals surface area (Å²) in [5.41, 5.74) is 2.30. The molecule has 0 saturated carbocycles. The van der Waals surface area contributed by atoms with Gasteiger partial charge >= 0.3 is 0 Å². The zero-order chi connectivity index (χ0) is 20.9. The Hall–Kier alpha value is -4.01. The van der Waals surface area contributed by atoms with Crippen LogP contribution in [0.4, 0.5) is 11.5 Å². The number of carbonyl (C=O) groups excluding carboxylic acids is 1. The maximum absolute atomic E-state index is 12.3. The van der Waals surface area contributed by atoms with E-state index in [4.69, 9.17) is 4.74 Å². The zero-order valence-corrected chi connectivity index (χ0v) is 16.7. The molecule has 3 heterocycles. The topological polar surface area (TPSA) is 106 Å². The Morgan fingerprint density at radius 3 is 2.87 bits per heavy atom. The van der Waals surface area contributed by atoms with E-state index in [0.717, 1.165) is 11.3 Å². The van der Waals surface area contributed by atoms with Gasteiger partial charge in [0.05, 0.1) is 7.11 Å². The van der Waals surface area contributed by atoms with E-state index in [0.29, 0.717) is 35.4 Å². The van der Waals surface area contributed by atoms with Crippen LogP contribution in [0.15, 0.2) is 54.9 Å². The lowest BCUT2D eigenvalue weighted by molar-refractivity contribution is -0.115. The van der Waals surface area contributed by atoms with Gasteiger partial charge in [0.1, 0.15) is 11.6 Å². The minimum Gasteiger partial charge on any atom is -0.497 e. The highest BCUT2D eigenvalue weighted by atomic mass is 16.5. The second kappa shape index (κ2) is 8.56. The highest BCUT2D eigenvalue weighted by Crippen LogP contribution is 2.18. The lowest BCUT2D eigenvalue weighted by Crippen LogP contribution is -2.17. The first kappa shape index (κ1) is 19.3. The fourth-order valence-corrected chi connectivity index (χ4v) is 2.96. The molecule has 0 bridgehead atoms. The SMILES string of the molecule is COc1cccc(NC(=O)CCNc2cc(C)nc3nc(-c4cccnc4)nn23)c1. The van der Waals surface area contributed by atoms with Crippen LogP contribution in [0.3, 0.4) is 0 Å². The second-order valence-electron chi connectivity index (χ2n) is 6.63. The summed E-state index contributed by atoms with van der Waals surface area (Å²) < 4.78 is 6.81. The van der Waals surface area contributed by atoms with E-state index >= 15 is 0 Å². The van der Waals surface area contributed by atoms with Gasteiger partial charge in [-0.3, -0.25) is 9.78 Å². The molecule has 9 nitrogen and oxygen atoms in total. The zero-order valence-electron chi connectivity index (χ0n) is 16.7. The lowest BCUT2D eigenvalue weighted by atomic mass is 10.3. The molecule has 3 aromatic heterocycles. The van der Waals surface area contributed by atoms with Crippen molar-refractivity contribution < 1.29 is 9.53 Å². The molecule has 9 heteroatoms. The van der Waals surface area contributed by atoms with Gasteiger partial charge in [-0.2, -0.15) is 9.50 Å². The smallest absolute Gasteiger partial charge is 0.254 e. The Balaban J connectivity index is 1.44. The number of pyridine rings is 1. The molecule has 152 valence electrons. The first-order chi connectivity index (χ1) is 14.6. The molecular formula is C21H21N7O2. The summed E-state index contributed by atoms with van der Waals surface area (Å²) in [6.45, 7) is 2.32. The minimum absolute atomic E-state index is 0.104. The third-order valence-corrected chi connectivity index (χ3v) is 4.37. The standard InChI is InChI=1S/C21H21N7O2/c1-14-11-18(23-10-8-19(29)25-16-6-3-7-17(12-16)30-2)28-21(24-14)26-20(27-28)15-5-4-9-22-13-15/h3-7,9,11-13,23H,8,10H2,1-2H3,(H,25,29). The van der Waals surface area contributed by atoms with Crippen molar-refractivity contribution in [3.05, 3.63) is 60.6 Å². The van der Waals surface area contributed by atoms with Crippen LogP contribution in [-0.4, -0.2) is 44.1 Å². The van der Waals surface area contributed by atoms with E-state index in [1.165, 1.54) is 0 Å². The van der Waals surface area contributed by atoms with E-state index in [1.807, 2.05) is 43.3 Å². The number of hydrogen-bond donors (Lipinski definition) is 2. The molecule has 0 radical (unpaired) electrons. The molecule has 1 amide bonds. The molecule has 0 fully saturated rings. The number of nitrogens with one attached hydrogen (secondary N) is 2. The Morgan fingerprint density at radius 2 is 2.07 bits per heavy atom. The molecule has 4 rings (SSSR count). The molecule has 0 aliphatic rings. The largest absolute Gasteiger partial charge is 0.497 e. The molecule has 4 aromatic rings. The Labute approximate surface area is 173 Å². The number of ether oxygens (including phenoxy) is 1. The van der Waals surface area contributed by atoms with E-state index in [9.17, 15) is 4.79 Å². The number of nitrogens with zero attached hydrogens (tertiary/aromatic N) is 5. The van der Waals surface area contributed by atoms with Gasteiger partial charge in [-0.1, -0.05) is 6.07 Å². The van der Waals surface area contributed by atoms with Gasteiger partial charge in [0.15, 0.2) is 5.82 Å². The van der Waals surface area contributed by atoms with Crippen LogP contribution in [0.2, 0.25) is 0 Å². The number of benzene rings is 1. The van der Waals surface area contributed by atoms with Gasteiger partial charge in [-0.25, -0.2) is 4.98 Å². The number of rotatable bonds is 7. The molecule has 0 aliphatic carbocycles. The average Bonchev–Trinajstić information content (AvgIpc) is 3.18. The number of aryl methyl sites for hydroxylation is 1. The summed E-state index contributed by atoms with van der Waals surface area (Å²) in [6.07, 6.45) is 3.69. The van der Waals surface area contributed by atoms with Crippen molar-refractivity contribution >= 4 is 23.2 Å². The van der Waals surface area contributed by atoms with Gasteiger partial charge in [-0.05, 0) is 31.2 Å². The van der Waals surface area contributed by atoms with Crippen LogP contribution in [0.1, 0.15) is 12.1 Å². The molecule has 30 heavy (non-hydrogen) atoms. The number of carbonyl (C=O) groups is 1. The van der Waals surface area contributed by atoms with Gasteiger partial charge in [0.2, 0.25) is 5.91 Å². The summed E-state index contributed by atoms with van der Waals surface area (Å²) in [5, 5.41) is 10.7. The molecule has 1 aromatic carbocycles. The Kier molecular flexibility index (Phi) is 5.51. The van der Waals surface area contributed by atoms with E-state index < -0.39 is 0 Å². The third-order valence-electron chi connectivity index (χ3n) is 4.37. The van der Waals surface area contributed by atoms with Crippen LogP contribution in [0.25, 0.3) is 17.2 Å². The summed E-state index contributed by atoms with van der Waals surface area (Å²) >= 11 is 0. The number of fused-ring (bicyclic) bond motifs is 1. The van der Waals surface area contributed by atoms with Crippen LogP contribution in [0.5, 0.6) is 5.75 Å². The van der Waals surface area contributed by atoms with Crippen molar-refractivity contribution in [1.29, 1.82) is 0 Å². The van der Waals surface area contributed by atoms with Crippen LogP contribution < -0.4 is 15.4 Å². The summed E-state index contributed by atoms with van der Waals surface area (Å²) in [7, 11) is 1.59. The van der Waals surface area contributed by atoms with Crippen molar-refractivity contribution in [3.8, 4) is 17.1 Å². The molecule has 0 spiro atoms. The van der Waals surface area contributed by atoms with Crippen molar-refractivity contribution in [1.82, 2.24) is 24.6 Å². The van der Waals surface area contributed by atoms with Gasteiger partial charge in [0.25, 0.3) is 5.78 Å². The first-order valence-corrected chi connectivity index (χ1v) is 9.45. The van der Waals surface area contributed by atoms with Crippen molar-refractivity contribution in [2.24, 2.45) is 0 Å². The van der Waals surface area contributed by atoms with Crippen LogP contribution in [-0.2, 0) is 4.79 Å². The fraction of sp³-hybridized carbons (Fsp3) is 0.190. The first-order valence-electron chi connectivity index (χ1n) is 9.45. The summed E-state index contributed by atoms with van der Waals surface area (Å²) in [4.78, 5) is 25.3. The number of methoxy groups -OCH3 is 1. The maximum Gasteiger partial charge on any atom is 0.254 e. The quantitative estimate of drug-likeness (QED) is 0.489. The molecule has 0 unspecified atom stereocenters. The van der Waals surface area contributed by atoms with E-state index in [-0.39, 0.29) is 12.3 Å². The predicted octanol–water partition coefficient (Wildman–Crippen LogP) is 2.94. The van der Waals surface area contributed by atoms with E-state index in [2.05, 4.69) is 30.7 Å². The van der Waals surface area contributed by atoms with Gasteiger partial charge < -0.3 is 15.4 Å². The monoisotopic (exact) mass is 403 g/mol. The molecule has 0 atom stereocenters. The minimum atomic E-state index is -0.104. The Bertz CT molecular complexity index is 1170. The van der Waals surface area contributed by atoms with Crippen molar-refractivity contribution in [2.45, 2.75) is 13.3 Å². The highest BCUT2D eigenvalue weighted by molar-refractivity contribution is 5.91. The average molecular weight is 403 g/mol. The van der Waals surface area contributed by atoms with Crippen LogP contribution >= 0.6 is 0 Å². The number of amides is 1. The van der Waals surface area contributed by atoms with E-state index in [1.54, 1.807) is 30.1 Å². The number of anilines is 2. The lowest BCUT2D eigenvalue weighted by Gasteiger charge is -2.09. The van der Waals surface area contributed by atoms with Gasteiger partial charge in [0, 0.05) is 54.4 Å². The second-order valence-corrected chi connectivity index (χ2v) is 6.63. The summed E-state index contributed by atoms with van der Waals surface area (Å²) in [6, 6.07) is 12.8. The van der Waals surface area contributed by atoms with Crippen molar-refractivity contribution in [2.75, 3.05) is 24.3 Å². The molecule has 2 N–H and O–H groups in total. The molecule has 0 saturated heterocycles. The third kappa shape index (κ3) is 4.35. The van der Waals surface area contributed by atoms with Gasteiger partial charge in [-0.15, -0.1) is 5.10 Å². The van der Waals surface area contributed by atoms with Crippen molar-refractivity contribution in [3.63, 3.8) is 0 Å². The molecule has 0 aliphatic heterocycles. The maximum atomic E-state index is 12.3.